The van der Waals surface area contributed by atoms with Gasteiger partial charge in [-0.25, -0.2) is 13.4 Å². The van der Waals surface area contributed by atoms with Gasteiger partial charge in [0, 0.05) is 19.0 Å². The summed E-state index contributed by atoms with van der Waals surface area (Å²) in [5, 5.41) is 2.83. The van der Waals surface area contributed by atoms with Crippen molar-refractivity contribution >= 4 is 21.6 Å². The van der Waals surface area contributed by atoms with Gasteiger partial charge >= 0.3 is 0 Å². The third-order valence-corrected chi connectivity index (χ3v) is 2.40. The van der Waals surface area contributed by atoms with Gasteiger partial charge in [-0.1, -0.05) is 0 Å². The molecule has 14 heavy (non-hydrogen) atoms. The minimum Gasteiger partial charge on any atom is -0.369 e. The number of nitrogens with zero attached hydrogens (tertiary/aromatic N) is 2. The molecule has 1 aromatic rings. The summed E-state index contributed by atoms with van der Waals surface area (Å²) in [4.78, 5) is 7.56. The third-order valence-electron chi connectivity index (χ3n) is 1.45. The smallest absolute Gasteiger partial charge is 0.221 e. The molecule has 1 rings (SSSR count). The van der Waals surface area contributed by atoms with Crippen LogP contribution in [0.2, 0.25) is 0 Å². The van der Waals surface area contributed by atoms with Gasteiger partial charge in [-0.05, 0) is 6.07 Å². The van der Waals surface area contributed by atoms with Crippen molar-refractivity contribution in [1.82, 2.24) is 9.97 Å². The second kappa shape index (κ2) is 4.23. The molecule has 1 heterocycles. The molecule has 0 aliphatic rings. The SMILES string of the molecule is CS(=O)(=O)CCNc1ccnc(N)n1. The molecule has 0 aliphatic heterocycles. The quantitative estimate of drug-likeness (QED) is 0.705. The zero-order valence-corrected chi connectivity index (χ0v) is 8.58. The highest BCUT2D eigenvalue weighted by Crippen LogP contribution is 2.01. The molecule has 3 N–H and O–H groups in total. The third kappa shape index (κ3) is 4.04. The largest absolute Gasteiger partial charge is 0.369 e. The molecule has 0 aromatic carbocycles. The standard InChI is InChI=1S/C7H12N4O2S/c1-14(12,13)5-4-9-6-2-3-10-7(8)11-6/h2-3H,4-5H2,1H3,(H3,8,9,10,11). The van der Waals surface area contributed by atoms with Crippen LogP contribution in [0.25, 0.3) is 0 Å². The lowest BCUT2D eigenvalue weighted by Gasteiger charge is -2.03. The summed E-state index contributed by atoms with van der Waals surface area (Å²) in [6.45, 7) is 0.315. The van der Waals surface area contributed by atoms with E-state index in [0.717, 1.165) is 0 Å². The maximum atomic E-state index is 10.8. The molecule has 0 aliphatic carbocycles. The Morgan fingerprint density at radius 1 is 1.57 bits per heavy atom. The van der Waals surface area contributed by atoms with E-state index in [1.54, 1.807) is 6.07 Å². The normalized spacial score (nSPS) is 11.2. The van der Waals surface area contributed by atoms with Crippen LogP contribution < -0.4 is 11.1 Å². The number of hydrogen-bond donors (Lipinski definition) is 2. The Morgan fingerprint density at radius 3 is 2.86 bits per heavy atom. The highest BCUT2D eigenvalue weighted by atomic mass is 32.2. The zero-order chi connectivity index (χ0) is 10.6. The van der Waals surface area contributed by atoms with Gasteiger partial charge in [-0.3, -0.25) is 0 Å². The lowest BCUT2D eigenvalue weighted by atomic mass is 10.5. The molecule has 1 aromatic heterocycles. The number of nitrogen functional groups attached to an aromatic ring is 1. The fourth-order valence-corrected chi connectivity index (χ4v) is 1.31. The minimum absolute atomic E-state index is 0.0664. The highest BCUT2D eigenvalue weighted by molar-refractivity contribution is 7.90. The molecule has 0 bridgehead atoms. The van der Waals surface area contributed by atoms with Gasteiger partial charge in [0.15, 0.2) is 0 Å². The Morgan fingerprint density at radius 2 is 2.29 bits per heavy atom. The van der Waals surface area contributed by atoms with Crippen molar-refractivity contribution in [2.75, 3.05) is 29.6 Å². The van der Waals surface area contributed by atoms with Crippen molar-refractivity contribution in [3.63, 3.8) is 0 Å². The van der Waals surface area contributed by atoms with Crippen molar-refractivity contribution in [1.29, 1.82) is 0 Å². The number of anilines is 2. The monoisotopic (exact) mass is 216 g/mol. The maximum Gasteiger partial charge on any atom is 0.221 e. The first-order valence-corrected chi connectivity index (χ1v) is 6.03. The molecule has 7 heteroatoms. The van der Waals surface area contributed by atoms with Crippen LogP contribution in [0.4, 0.5) is 11.8 Å². The Balaban J connectivity index is 2.47. The Labute approximate surface area is 82.5 Å². The van der Waals surface area contributed by atoms with E-state index in [2.05, 4.69) is 15.3 Å². The Kier molecular flexibility index (Phi) is 3.23. The van der Waals surface area contributed by atoms with E-state index >= 15 is 0 Å². The topological polar surface area (TPSA) is 98.0 Å². The molecule has 78 valence electrons. The second-order valence-electron chi connectivity index (χ2n) is 2.86. The summed E-state index contributed by atoms with van der Waals surface area (Å²) in [6, 6.07) is 1.62. The van der Waals surface area contributed by atoms with Crippen LogP contribution in [0, 0.1) is 0 Å². The molecule has 0 saturated heterocycles. The van der Waals surface area contributed by atoms with E-state index in [0.29, 0.717) is 12.4 Å². The van der Waals surface area contributed by atoms with Crippen LogP contribution in [-0.4, -0.2) is 36.9 Å². The molecule has 0 saturated carbocycles. The van der Waals surface area contributed by atoms with E-state index in [9.17, 15) is 8.42 Å². The number of aromatic nitrogens is 2. The van der Waals surface area contributed by atoms with Crippen molar-refractivity contribution in [2.45, 2.75) is 0 Å². The number of nitrogens with two attached hydrogens (primary N) is 1. The molecule has 0 atom stereocenters. The van der Waals surface area contributed by atoms with Gasteiger partial charge in [-0.15, -0.1) is 0 Å². The number of hydrogen-bond acceptors (Lipinski definition) is 6. The number of nitrogens with one attached hydrogen (secondary N) is 1. The van der Waals surface area contributed by atoms with Crippen molar-refractivity contribution < 1.29 is 8.42 Å². The highest BCUT2D eigenvalue weighted by Gasteiger charge is 2.01. The Hall–Kier alpha value is -1.37. The van der Waals surface area contributed by atoms with E-state index in [-0.39, 0.29) is 11.7 Å². The molecule has 0 fully saturated rings. The molecular weight excluding hydrogens is 204 g/mol. The fraction of sp³-hybridized carbons (Fsp3) is 0.429. The molecule has 6 nitrogen and oxygen atoms in total. The first-order valence-electron chi connectivity index (χ1n) is 3.97. The summed E-state index contributed by atoms with van der Waals surface area (Å²) in [7, 11) is -2.94. The molecule has 0 unspecified atom stereocenters. The van der Waals surface area contributed by atoms with Crippen molar-refractivity contribution in [2.24, 2.45) is 0 Å². The first-order chi connectivity index (χ1) is 6.47. The molecule has 0 amide bonds. The average molecular weight is 216 g/mol. The van der Waals surface area contributed by atoms with Crippen LogP contribution >= 0.6 is 0 Å². The predicted octanol–water partition coefficient (Wildman–Crippen LogP) is -0.485. The van der Waals surface area contributed by atoms with E-state index in [4.69, 9.17) is 5.73 Å². The number of sulfone groups is 1. The summed E-state index contributed by atoms with van der Waals surface area (Å²) >= 11 is 0. The van der Waals surface area contributed by atoms with E-state index in [1.807, 2.05) is 0 Å². The fourth-order valence-electron chi connectivity index (χ4n) is 0.837. The predicted molar refractivity (Wildman–Crippen MR) is 54.6 cm³/mol. The van der Waals surface area contributed by atoms with Gasteiger partial charge in [0.05, 0.1) is 5.75 Å². The van der Waals surface area contributed by atoms with Crippen LogP contribution in [-0.2, 0) is 9.84 Å². The lowest BCUT2D eigenvalue weighted by Crippen LogP contribution is -2.15. The van der Waals surface area contributed by atoms with Crippen molar-refractivity contribution in [3.05, 3.63) is 12.3 Å². The van der Waals surface area contributed by atoms with Crippen LogP contribution in [0.15, 0.2) is 12.3 Å². The molecule has 0 radical (unpaired) electrons. The summed E-state index contributed by atoms with van der Waals surface area (Å²) < 4.78 is 21.6. The number of rotatable bonds is 4. The van der Waals surface area contributed by atoms with Crippen LogP contribution in [0.5, 0.6) is 0 Å². The van der Waals surface area contributed by atoms with Crippen molar-refractivity contribution in [3.8, 4) is 0 Å². The van der Waals surface area contributed by atoms with E-state index in [1.165, 1.54) is 12.5 Å². The minimum atomic E-state index is -2.94. The van der Waals surface area contributed by atoms with Gasteiger partial charge in [0.25, 0.3) is 0 Å². The summed E-state index contributed by atoms with van der Waals surface area (Å²) in [5.74, 6) is 0.757. The van der Waals surface area contributed by atoms with Gasteiger partial charge < -0.3 is 11.1 Å². The first kappa shape index (κ1) is 10.7. The molecule has 0 spiro atoms. The average Bonchev–Trinajstić information content (AvgIpc) is 2.01. The van der Waals surface area contributed by atoms with Crippen LogP contribution in [0.3, 0.4) is 0 Å². The van der Waals surface area contributed by atoms with E-state index < -0.39 is 9.84 Å². The second-order valence-corrected chi connectivity index (χ2v) is 5.12. The summed E-state index contributed by atoms with van der Waals surface area (Å²) in [6.07, 6.45) is 2.69. The lowest BCUT2D eigenvalue weighted by molar-refractivity contribution is 0.602. The molecular formula is C7H12N4O2S. The zero-order valence-electron chi connectivity index (χ0n) is 7.77. The van der Waals surface area contributed by atoms with Gasteiger partial charge in [-0.2, -0.15) is 4.98 Å². The van der Waals surface area contributed by atoms with Crippen LogP contribution in [0.1, 0.15) is 0 Å². The Bertz CT molecular complexity index is 404. The van der Waals surface area contributed by atoms with Gasteiger partial charge in [0.1, 0.15) is 15.7 Å². The van der Waals surface area contributed by atoms with Gasteiger partial charge in [0.2, 0.25) is 5.95 Å². The summed E-state index contributed by atoms with van der Waals surface area (Å²) in [5.41, 5.74) is 5.34. The maximum absolute atomic E-state index is 10.8.